The number of hydrogen-bond donors (Lipinski definition) is 4. The van der Waals surface area contributed by atoms with Crippen LogP contribution in [0.5, 0.6) is 0 Å². The standard InChI is InChI=1S/C50H101N2O6P/c1-3-5-7-9-11-13-15-17-19-21-23-24-26-28-30-32-34-36-38-40-42-44-50(54)52-48(47-58-59(55,56)57-46-45-51)49(53)43-41-39-37-35-33-31-29-27-25-22-20-18-16-14-12-10-8-6-4-2/h21,23,48-49,53H,3-20,22,24-47,51H2,1-2H3,(H,52,54)(H,55,56)/b23-21-. The Morgan fingerprint density at radius 3 is 1.25 bits per heavy atom. The third-order valence-corrected chi connectivity index (χ3v) is 12.9. The summed E-state index contributed by atoms with van der Waals surface area (Å²) in [5.74, 6) is -0.159. The Morgan fingerprint density at radius 2 is 0.881 bits per heavy atom. The van der Waals surface area contributed by atoms with Crippen LogP contribution in [0.25, 0.3) is 0 Å². The van der Waals surface area contributed by atoms with Crippen molar-refractivity contribution in [1.82, 2.24) is 5.32 Å². The van der Waals surface area contributed by atoms with Crippen molar-refractivity contribution < 1.29 is 28.4 Å². The van der Waals surface area contributed by atoms with Gasteiger partial charge in [-0.2, -0.15) is 0 Å². The maximum Gasteiger partial charge on any atom is 0.472 e. The molecule has 0 fully saturated rings. The van der Waals surface area contributed by atoms with Gasteiger partial charge >= 0.3 is 7.82 Å². The van der Waals surface area contributed by atoms with Crippen molar-refractivity contribution in [2.24, 2.45) is 5.73 Å². The van der Waals surface area contributed by atoms with Crippen molar-refractivity contribution >= 4 is 13.7 Å². The molecule has 0 spiro atoms. The van der Waals surface area contributed by atoms with Gasteiger partial charge < -0.3 is 21.1 Å². The smallest absolute Gasteiger partial charge is 0.391 e. The topological polar surface area (TPSA) is 131 Å². The average molecular weight is 857 g/mol. The average Bonchev–Trinajstić information content (AvgIpc) is 3.22. The predicted molar refractivity (Wildman–Crippen MR) is 254 cm³/mol. The van der Waals surface area contributed by atoms with E-state index >= 15 is 0 Å². The lowest BCUT2D eigenvalue weighted by Crippen LogP contribution is -2.46. The lowest BCUT2D eigenvalue weighted by Gasteiger charge is -2.25. The minimum Gasteiger partial charge on any atom is -0.391 e. The van der Waals surface area contributed by atoms with Gasteiger partial charge in [-0.15, -0.1) is 0 Å². The fraction of sp³-hybridized carbons (Fsp3) is 0.940. The van der Waals surface area contributed by atoms with Crippen molar-refractivity contribution in [3.63, 3.8) is 0 Å². The van der Waals surface area contributed by atoms with Gasteiger partial charge in [0.2, 0.25) is 5.91 Å². The van der Waals surface area contributed by atoms with Gasteiger partial charge in [-0.1, -0.05) is 238 Å². The summed E-state index contributed by atoms with van der Waals surface area (Å²) < 4.78 is 22.3. The number of carbonyl (C=O) groups excluding carboxylic acids is 1. The van der Waals surface area contributed by atoms with Crippen molar-refractivity contribution in [3.8, 4) is 0 Å². The van der Waals surface area contributed by atoms with Crippen LogP contribution in [-0.2, 0) is 18.4 Å². The molecule has 8 nitrogen and oxygen atoms in total. The Morgan fingerprint density at radius 1 is 0.542 bits per heavy atom. The van der Waals surface area contributed by atoms with Crippen LogP contribution in [0.15, 0.2) is 12.2 Å². The molecular formula is C50H101N2O6P. The Hall–Kier alpha value is -0.760. The van der Waals surface area contributed by atoms with Crippen molar-refractivity contribution in [2.45, 2.75) is 283 Å². The highest BCUT2D eigenvalue weighted by Crippen LogP contribution is 2.43. The van der Waals surface area contributed by atoms with Crippen LogP contribution in [0.1, 0.15) is 271 Å². The molecule has 0 aromatic rings. The fourth-order valence-electron chi connectivity index (χ4n) is 7.96. The summed E-state index contributed by atoms with van der Waals surface area (Å²) in [4.78, 5) is 22.8. The summed E-state index contributed by atoms with van der Waals surface area (Å²) in [6.07, 6.45) is 53.7. The van der Waals surface area contributed by atoms with Crippen LogP contribution in [-0.4, -0.2) is 47.8 Å². The predicted octanol–water partition coefficient (Wildman–Crippen LogP) is 15.1. The second-order valence-corrected chi connectivity index (χ2v) is 19.2. The molecule has 5 N–H and O–H groups in total. The van der Waals surface area contributed by atoms with E-state index < -0.39 is 20.0 Å². The molecule has 0 aliphatic heterocycles. The number of phosphoric ester groups is 1. The largest absolute Gasteiger partial charge is 0.472 e. The molecule has 0 heterocycles. The quantitative estimate of drug-likeness (QED) is 0.0272. The van der Waals surface area contributed by atoms with E-state index in [1.165, 1.54) is 205 Å². The molecule has 3 unspecified atom stereocenters. The number of carbonyl (C=O) groups is 1. The first-order valence-corrected chi connectivity index (χ1v) is 27.3. The van der Waals surface area contributed by atoms with E-state index in [2.05, 4.69) is 31.3 Å². The normalized spacial score (nSPS) is 13.9. The first kappa shape index (κ1) is 58.2. The van der Waals surface area contributed by atoms with E-state index in [1.807, 2.05) is 0 Å². The molecule has 0 radical (unpaired) electrons. The van der Waals surface area contributed by atoms with E-state index in [1.54, 1.807) is 0 Å². The highest BCUT2D eigenvalue weighted by molar-refractivity contribution is 7.47. The summed E-state index contributed by atoms with van der Waals surface area (Å²) in [6.45, 7) is 4.25. The molecule has 0 saturated heterocycles. The Balaban J connectivity index is 4.03. The summed E-state index contributed by atoms with van der Waals surface area (Å²) >= 11 is 0. The van der Waals surface area contributed by atoms with Crippen LogP contribution < -0.4 is 11.1 Å². The monoisotopic (exact) mass is 857 g/mol. The zero-order chi connectivity index (χ0) is 43.2. The maximum atomic E-state index is 12.8. The number of unbranched alkanes of at least 4 members (excludes halogenated alkanes) is 35. The first-order valence-electron chi connectivity index (χ1n) is 25.8. The number of phosphoric acid groups is 1. The highest BCUT2D eigenvalue weighted by atomic mass is 31.2. The summed E-state index contributed by atoms with van der Waals surface area (Å²) in [6, 6.07) is -0.773. The number of hydrogen-bond acceptors (Lipinski definition) is 6. The van der Waals surface area contributed by atoms with Crippen LogP contribution in [0, 0.1) is 0 Å². The van der Waals surface area contributed by atoms with Gasteiger partial charge in [0.1, 0.15) is 0 Å². The number of allylic oxidation sites excluding steroid dienone is 2. The van der Waals surface area contributed by atoms with Gasteiger partial charge in [0.15, 0.2) is 0 Å². The Bertz CT molecular complexity index is 937. The molecule has 0 saturated carbocycles. The zero-order valence-corrected chi connectivity index (χ0v) is 40.2. The third-order valence-electron chi connectivity index (χ3n) is 11.9. The number of aliphatic hydroxyl groups is 1. The number of amides is 1. The second kappa shape index (κ2) is 46.7. The van der Waals surface area contributed by atoms with Crippen LogP contribution in [0.4, 0.5) is 0 Å². The zero-order valence-electron chi connectivity index (χ0n) is 39.3. The van der Waals surface area contributed by atoms with E-state index in [9.17, 15) is 19.4 Å². The minimum atomic E-state index is -4.32. The van der Waals surface area contributed by atoms with Crippen molar-refractivity contribution in [3.05, 3.63) is 12.2 Å². The lowest BCUT2D eigenvalue weighted by atomic mass is 10.0. The van der Waals surface area contributed by atoms with E-state index in [0.717, 1.165) is 38.5 Å². The molecule has 0 bridgehead atoms. The van der Waals surface area contributed by atoms with E-state index in [4.69, 9.17) is 14.8 Å². The van der Waals surface area contributed by atoms with Crippen molar-refractivity contribution in [2.75, 3.05) is 19.8 Å². The number of rotatable bonds is 49. The van der Waals surface area contributed by atoms with Crippen LogP contribution in [0.3, 0.4) is 0 Å². The van der Waals surface area contributed by atoms with Gasteiger partial charge in [0.05, 0.1) is 25.4 Å². The van der Waals surface area contributed by atoms with E-state index in [0.29, 0.717) is 12.8 Å². The molecule has 0 aliphatic rings. The molecule has 9 heteroatoms. The first-order chi connectivity index (χ1) is 28.9. The molecule has 59 heavy (non-hydrogen) atoms. The number of aliphatic hydroxyl groups excluding tert-OH is 1. The Labute approximate surface area is 366 Å². The third kappa shape index (κ3) is 45.1. The van der Waals surface area contributed by atoms with Gasteiger partial charge in [0, 0.05) is 13.0 Å². The van der Waals surface area contributed by atoms with E-state index in [-0.39, 0.29) is 25.7 Å². The van der Waals surface area contributed by atoms with Crippen LogP contribution >= 0.6 is 7.82 Å². The van der Waals surface area contributed by atoms with Gasteiger partial charge in [-0.3, -0.25) is 13.8 Å². The van der Waals surface area contributed by atoms with Gasteiger partial charge in [-0.25, -0.2) is 4.57 Å². The minimum absolute atomic E-state index is 0.0907. The van der Waals surface area contributed by atoms with Crippen molar-refractivity contribution in [1.29, 1.82) is 0 Å². The SMILES string of the molecule is CCCCCCCCCC/C=C\CCCCCCCCCCCC(=O)NC(COP(=O)(O)OCCN)C(O)CCCCCCCCCCCCCCCCCCCCC. The fourth-order valence-corrected chi connectivity index (χ4v) is 8.72. The molecule has 0 aromatic heterocycles. The lowest BCUT2D eigenvalue weighted by molar-refractivity contribution is -0.123. The number of nitrogens with two attached hydrogens (primary N) is 1. The molecule has 0 rings (SSSR count). The summed E-state index contributed by atoms with van der Waals surface area (Å²) in [5, 5.41) is 13.9. The number of nitrogens with one attached hydrogen (secondary N) is 1. The molecule has 0 aliphatic carbocycles. The molecular weight excluding hydrogens is 756 g/mol. The van der Waals surface area contributed by atoms with Gasteiger partial charge in [0.25, 0.3) is 0 Å². The Kier molecular flexibility index (Phi) is 46.1. The molecule has 352 valence electrons. The van der Waals surface area contributed by atoms with Crippen LogP contribution in [0.2, 0.25) is 0 Å². The second-order valence-electron chi connectivity index (χ2n) is 17.7. The molecule has 3 atom stereocenters. The molecule has 1 amide bonds. The summed E-state index contributed by atoms with van der Waals surface area (Å²) in [5.41, 5.74) is 5.40. The maximum absolute atomic E-state index is 12.8. The summed E-state index contributed by atoms with van der Waals surface area (Å²) in [7, 11) is -4.32. The van der Waals surface area contributed by atoms with Gasteiger partial charge in [-0.05, 0) is 38.5 Å². The highest BCUT2D eigenvalue weighted by Gasteiger charge is 2.27. The molecule has 0 aromatic carbocycles.